The van der Waals surface area contributed by atoms with Gasteiger partial charge in [0.2, 0.25) is 0 Å². The number of hydrogen-bond acceptors (Lipinski definition) is 3. The van der Waals surface area contributed by atoms with E-state index in [1.165, 1.54) is 23.3 Å². The van der Waals surface area contributed by atoms with Gasteiger partial charge in [-0.05, 0) is 67.9 Å². The van der Waals surface area contributed by atoms with Crippen molar-refractivity contribution in [2.75, 3.05) is 26.2 Å². The number of benzene rings is 3. The van der Waals surface area contributed by atoms with Gasteiger partial charge >= 0.3 is 0 Å². The van der Waals surface area contributed by atoms with E-state index in [0.717, 1.165) is 36.8 Å². The van der Waals surface area contributed by atoms with E-state index in [4.69, 9.17) is 0 Å². The molecule has 1 saturated heterocycles. The quantitative estimate of drug-likeness (QED) is 0.585. The molecule has 2 aliphatic rings. The first-order chi connectivity index (χ1) is 14.7. The SMILES string of the molecule is O=C1c2cccc3cccc(c23)C(=O)N1CCCN1CCC(c2ccccc2)CC1. The van der Waals surface area contributed by atoms with Gasteiger partial charge < -0.3 is 4.90 Å². The van der Waals surface area contributed by atoms with Crippen LogP contribution in [0.15, 0.2) is 66.7 Å². The third-order valence-electron chi connectivity index (χ3n) is 6.57. The first-order valence-electron chi connectivity index (χ1n) is 10.9. The Bertz CT molecular complexity index is 1030. The number of hydrogen-bond donors (Lipinski definition) is 0. The summed E-state index contributed by atoms with van der Waals surface area (Å²) in [7, 11) is 0. The van der Waals surface area contributed by atoms with E-state index in [-0.39, 0.29) is 11.8 Å². The minimum absolute atomic E-state index is 0.160. The molecule has 2 aliphatic heterocycles. The molecule has 152 valence electrons. The van der Waals surface area contributed by atoms with E-state index >= 15 is 0 Å². The molecule has 0 atom stereocenters. The summed E-state index contributed by atoms with van der Waals surface area (Å²) >= 11 is 0. The van der Waals surface area contributed by atoms with Crippen LogP contribution in [0, 0.1) is 0 Å². The first kappa shape index (κ1) is 19.0. The Morgan fingerprint density at radius 2 is 1.37 bits per heavy atom. The van der Waals surface area contributed by atoms with Gasteiger partial charge in [0.05, 0.1) is 0 Å². The van der Waals surface area contributed by atoms with Crippen molar-refractivity contribution in [3.05, 3.63) is 83.4 Å². The monoisotopic (exact) mass is 398 g/mol. The zero-order chi connectivity index (χ0) is 20.5. The lowest BCUT2D eigenvalue weighted by Gasteiger charge is -2.33. The van der Waals surface area contributed by atoms with E-state index < -0.39 is 0 Å². The Balaban J connectivity index is 1.20. The average Bonchev–Trinajstić information content (AvgIpc) is 2.80. The van der Waals surface area contributed by atoms with Gasteiger partial charge in [0.25, 0.3) is 11.8 Å². The van der Waals surface area contributed by atoms with E-state index in [1.807, 2.05) is 36.4 Å². The third-order valence-corrected chi connectivity index (χ3v) is 6.57. The fourth-order valence-corrected chi connectivity index (χ4v) is 4.95. The van der Waals surface area contributed by atoms with Gasteiger partial charge in [0.15, 0.2) is 0 Å². The van der Waals surface area contributed by atoms with Gasteiger partial charge in [-0.25, -0.2) is 0 Å². The van der Waals surface area contributed by atoms with Gasteiger partial charge in [-0.1, -0.05) is 54.6 Å². The number of imide groups is 1. The molecular weight excluding hydrogens is 372 g/mol. The predicted molar refractivity (Wildman–Crippen MR) is 119 cm³/mol. The molecule has 2 amide bonds. The fourth-order valence-electron chi connectivity index (χ4n) is 4.95. The van der Waals surface area contributed by atoms with E-state index in [1.54, 1.807) is 0 Å². The van der Waals surface area contributed by atoms with Crippen molar-refractivity contribution in [1.29, 1.82) is 0 Å². The number of piperidine rings is 1. The van der Waals surface area contributed by atoms with Crippen molar-refractivity contribution in [3.63, 3.8) is 0 Å². The molecule has 4 heteroatoms. The van der Waals surface area contributed by atoms with Gasteiger partial charge in [-0.15, -0.1) is 0 Å². The highest BCUT2D eigenvalue weighted by Gasteiger charge is 2.32. The predicted octanol–water partition coefficient (Wildman–Crippen LogP) is 4.71. The van der Waals surface area contributed by atoms with Crippen LogP contribution in [0.2, 0.25) is 0 Å². The van der Waals surface area contributed by atoms with E-state index in [9.17, 15) is 9.59 Å². The molecule has 2 heterocycles. The molecule has 3 aromatic rings. The van der Waals surface area contributed by atoms with Crippen molar-refractivity contribution in [1.82, 2.24) is 9.80 Å². The zero-order valence-electron chi connectivity index (χ0n) is 17.1. The third kappa shape index (κ3) is 3.41. The standard InChI is InChI=1S/C26H26N2O2/c29-25-22-11-4-9-21-10-5-12-23(24(21)22)26(30)28(25)16-6-15-27-17-13-20(14-18-27)19-7-2-1-3-8-19/h1-5,7-12,20H,6,13-18H2. The average molecular weight is 399 g/mol. The number of carbonyl (C=O) groups excluding carboxylic acids is 2. The number of likely N-dealkylation sites (tertiary alicyclic amines) is 1. The molecule has 0 aliphatic carbocycles. The Labute approximate surface area is 177 Å². The maximum absolute atomic E-state index is 13.0. The Morgan fingerprint density at radius 1 is 0.733 bits per heavy atom. The van der Waals surface area contributed by atoms with Crippen LogP contribution in [-0.4, -0.2) is 47.8 Å². The molecule has 1 fully saturated rings. The second-order valence-corrected chi connectivity index (χ2v) is 8.35. The zero-order valence-corrected chi connectivity index (χ0v) is 17.1. The molecule has 0 aromatic heterocycles. The summed E-state index contributed by atoms with van der Waals surface area (Å²) in [6, 6.07) is 22.1. The molecule has 30 heavy (non-hydrogen) atoms. The molecule has 0 N–H and O–H groups in total. The number of amides is 2. The molecule has 3 aromatic carbocycles. The molecule has 0 spiro atoms. The molecule has 4 nitrogen and oxygen atoms in total. The number of rotatable bonds is 5. The van der Waals surface area contributed by atoms with E-state index in [0.29, 0.717) is 23.6 Å². The molecule has 5 rings (SSSR count). The molecule has 0 radical (unpaired) electrons. The summed E-state index contributed by atoms with van der Waals surface area (Å²) in [6.45, 7) is 3.54. The first-order valence-corrected chi connectivity index (χ1v) is 10.9. The summed E-state index contributed by atoms with van der Waals surface area (Å²) < 4.78 is 0. The van der Waals surface area contributed by atoms with Crippen LogP contribution in [0.4, 0.5) is 0 Å². The second kappa shape index (κ2) is 8.04. The van der Waals surface area contributed by atoms with Crippen molar-refractivity contribution < 1.29 is 9.59 Å². The Hall–Kier alpha value is -2.98. The molecule has 0 unspecified atom stereocenters. The van der Waals surface area contributed by atoms with Crippen molar-refractivity contribution in [2.24, 2.45) is 0 Å². The highest BCUT2D eigenvalue weighted by atomic mass is 16.2. The second-order valence-electron chi connectivity index (χ2n) is 8.35. The maximum atomic E-state index is 13.0. The smallest absolute Gasteiger partial charge is 0.261 e. The van der Waals surface area contributed by atoms with Crippen LogP contribution in [0.25, 0.3) is 10.8 Å². The minimum atomic E-state index is -0.160. The Kier molecular flexibility index (Phi) is 5.09. The van der Waals surface area contributed by atoms with Crippen molar-refractivity contribution in [2.45, 2.75) is 25.2 Å². The van der Waals surface area contributed by atoms with Gasteiger partial charge in [0.1, 0.15) is 0 Å². The summed E-state index contributed by atoms with van der Waals surface area (Å²) in [4.78, 5) is 29.9. The number of nitrogens with zero attached hydrogens (tertiary/aromatic N) is 2. The Morgan fingerprint density at radius 3 is 2.00 bits per heavy atom. The molecular formula is C26H26N2O2. The van der Waals surface area contributed by atoms with Crippen LogP contribution in [0.3, 0.4) is 0 Å². The summed E-state index contributed by atoms with van der Waals surface area (Å²) in [5.41, 5.74) is 2.73. The van der Waals surface area contributed by atoms with Crippen LogP contribution in [0.5, 0.6) is 0 Å². The summed E-state index contributed by atoms with van der Waals surface area (Å²) in [6.07, 6.45) is 3.15. The van der Waals surface area contributed by atoms with Crippen LogP contribution in [-0.2, 0) is 0 Å². The van der Waals surface area contributed by atoms with Crippen molar-refractivity contribution in [3.8, 4) is 0 Å². The summed E-state index contributed by atoms with van der Waals surface area (Å²) in [5.74, 6) is 0.323. The normalized spacial score (nSPS) is 17.7. The maximum Gasteiger partial charge on any atom is 0.261 e. The van der Waals surface area contributed by atoms with Crippen LogP contribution in [0.1, 0.15) is 51.5 Å². The minimum Gasteiger partial charge on any atom is -0.303 e. The van der Waals surface area contributed by atoms with Crippen LogP contribution < -0.4 is 0 Å². The molecule has 0 saturated carbocycles. The van der Waals surface area contributed by atoms with Gasteiger partial charge in [-0.3, -0.25) is 14.5 Å². The van der Waals surface area contributed by atoms with Crippen molar-refractivity contribution >= 4 is 22.6 Å². The lowest BCUT2D eigenvalue weighted by atomic mass is 9.89. The molecule has 0 bridgehead atoms. The largest absolute Gasteiger partial charge is 0.303 e. The van der Waals surface area contributed by atoms with Gasteiger partial charge in [-0.2, -0.15) is 0 Å². The lowest BCUT2D eigenvalue weighted by Crippen LogP contribution is -2.42. The highest BCUT2D eigenvalue weighted by Crippen LogP contribution is 2.30. The lowest BCUT2D eigenvalue weighted by molar-refractivity contribution is 0.0602. The fraction of sp³-hybridized carbons (Fsp3) is 0.308. The van der Waals surface area contributed by atoms with Crippen LogP contribution >= 0.6 is 0 Å². The summed E-state index contributed by atoms with van der Waals surface area (Å²) in [5, 5.41) is 1.75. The highest BCUT2D eigenvalue weighted by molar-refractivity contribution is 6.25. The topological polar surface area (TPSA) is 40.6 Å². The number of carbonyl (C=O) groups is 2. The van der Waals surface area contributed by atoms with Gasteiger partial charge in [0, 0.05) is 23.1 Å². The van der Waals surface area contributed by atoms with E-state index in [2.05, 4.69) is 35.2 Å².